The lowest BCUT2D eigenvalue weighted by Crippen LogP contribution is -2.35. The fraction of sp³-hybridized carbons (Fsp3) is 0.500. The third-order valence-corrected chi connectivity index (χ3v) is 4.96. The van der Waals surface area contributed by atoms with Crippen LogP contribution in [0, 0.1) is 0 Å². The van der Waals surface area contributed by atoms with Crippen molar-refractivity contribution in [2.75, 3.05) is 19.6 Å². The monoisotopic (exact) mass is 340 g/mol. The second-order valence-corrected chi connectivity index (χ2v) is 7.19. The van der Waals surface area contributed by atoms with E-state index < -0.39 is 0 Å². The number of hydrogen-bond acceptors (Lipinski definition) is 3. The van der Waals surface area contributed by atoms with Crippen LogP contribution in [0.4, 0.5) is 0 Å². The fourth-order valence-electron chi connectivity index (χ4n) is 2.33. The summed E-state index contributed by atoms with van der Waals surface area (Å²) in [7, 11) is 0. The Kier molecular flexibility index (Phi) is 6.58. The highest BCUT2D eigenvalue weighted by atomic mass is 35.5. The molecule has 2 amide bonds. The molecule has 0 radical (unpaired) electrons. The van der Waals surface area contributed by atoms with E-state index >= 15 is 0 Å². The number of carbonyl (C=O) groups is 2. The van der Waals surface area contributed by atoms with Crippen LogP contribution in [0.1, 0.15) is 26.2 Å². The number of thioether (sulfide) groups is 1. The van der Waals surface area contributed by atoms with Crippen LogP contribution < -0.4 is 5.32 Å². The zero-order valence-corrected chi connectivity index (χ0v) is 14.3. The summed E-state index contributed by atoms with van der Waals surface area (Å²) in [5, 5.41) is 3.31. The Morgan fingerprint density at radius 1 is 1.27 bits per heavy atom. The predicted molar refractivity (Wildman–Crippen MR) is 90.2 cm³/mol. The van der Waals surface area contributed by atoms with Crippen LogP contribution in [-0.4, -0.2) is 41.6 Å². The summed E-state index contributed by atoms with van der Waals surface area (Å²) in [6.07, 6.45) is 2.56. The number of rotatable bonds is 6. The summed E-state index contributed by atoms with van der Waals surface area (Å²) < 4.78 is 0. The number of likely N-dealkylation sites (tertiary alicyclic amines) is 1. The molecule has 22 heavy (non-hydrogen) atoms. The van der Waals surface area contributed by atoms with Crippen LogP contribution in [0.25, 0.3) is 0 Å². The Balaban J connectivity index is 1.69. The standard InChI is InChI=1S/C16H21ClN2O2S/c1-12(22-14-6-4-13(17)5-7-14)16(21)18-9-8-15(20)19-10-2-3-11-19/h4-7,12H,2-3,8-11H2,1H3,(H,18,21)/t12-/m1/s1. The van der Waals surface area contributed by atoms with Crippen molar-refractivity contribution in [3.05, 3.63) is 29.3 Å². The largest absolute Gasteiger partial charge is 0.355 e. The van der Waals surface area contributed by atoms with Gasteiger partial charge in [-0.05, 0) is 44.0 Å². The molecule has 1 heterocycles. The summed E-state index contributed by atoms with van der Waals surface area (Å²) >= 11 is 7.32. The molecule has 1 fully saturated rings. The molecule has 0 saturated carbocycles. The highest BCUT2D eigenvalue weighted by molar-refractivity contribution is 8.00. The highest BCUT2D eigenvalue weighted by Crippen LogP contribution is 2.24. The zero-order chi connectivity index (χ0) is 15.9. The molecule has 1 aliphatic rings. The number of hydrogen-bond donors (Lipinski definition) is 1. The van der Waals surface area contributed by atoms with E-state index in [1.54, 1.807) is 0 Å². The smallest absolute Gasteiger partial charge is 0.233 e. The second-order valence-electron chi connectivity index (χ2n) is 5.34. The summed E-state index contributed by atoms with van der Waals surface area (Å²) in [4.78, 5) is 26.8. The van der Waals surface area contributed by atoms with Crippen LogP contribution >= 0.6 is 23.4 Å². The molecule has 2 rings (SSSR count). The molecule has 0 spiro atoms. The van der Waals surface area contributed by atoms with Crippen molar-refractivity contribution < 1.29 is 9.59 Å². The molecule has 1 aromatic carbocycles. The number of nitrogens with zero attached hydrogens (tertiary/aromatic N) is 1. The van der Waals surface area contributed by atoms with Crippen LogP contribution in [0.3, 0.4) is 0 Å². The van der Waals surface area contributed by atoms with Crippen LogP contribution in [0.15, 0.2) is 29.2 Å². The molecule has 0 unspecified atom stereocenters. The van der Waals surface area contributed by atoms with Crippen molar-refractivity contribution in [1.82, 2.24) is 10.2 Å². The predicted octanol–water partition coefficient (Wildman–Crippen LogP) is 2.95. The Hall–Kier alpha value is -1.20. The van der Waals surface area contributed by atoms with E-state index in [0.29, 0.717) is 18.0 Å². The lowest BCUT2D eigenvalue weighted by Gasteiger charge is -2.16. The van der Waals surface area contributed by atoms with Gasteiger partial charge in [-0.3, -0.25) is 9.59 Å². The third-order valence-electron chi connectivity index (χ3n) is 3.59. The number of benzene rings is 1. The first kappa shape index (κ1) is 17.2. The Labute approximate surface area is 140 Å². The van der Waals surface area contributed by atoms with Crippen LogP contribution in [0.5, 0.6) is 0 Å². The first-order valence-electron chi connectivity index (χ1n) is 7.54. The van der Waals surface area contributed by atoms with Crippen molar-refractivity contribution in [1.29, 1.82) is 0 Å². The molecule has 1 saturated heterocycles. The molecular weight excluding hydrogens is 320 g/mol. The zero-order valence-electron chi connectivity index (χ0n) is 12.7. The van der Waals surface area contributed by atoms with Gasteiger partial charge in [0.2, 0.25) is 11.8 Å². The molecular formula is C16H21ClN2O2S. The SMILES string of the molecule is C[C@@H](Sc1ccc(Cl)cc1)C(=O)NCCC(=O)N1CCCC1. The molecule has 4 nitrogen and oxygen atoms in total. The Bertz CT molecular complexity index is 515. The summed E-state index contributed by atoms with van der Waals surface area (Å²) in [5.41, 5.74) is 0. The lowest BCUT2D eigenvalue weighted by molar-refractivity contribution is -0.130. The lowest BCUT2D eigenvalue weighted by atomic mass is 10.3. The molecule has 1 aromatic rings. The van der Waals surface area contributed by atoms with Crippen molar-refractivity contribution >= 4 is 35.2 Å². The van der Waals surface area contributed by atoms with Gasteiger partial charge >= 0.3 is 0 Å². The van der Waals surface area contributed by atoms with Gasteiger partial charge in [0.15, 0.2) is 0 Å². The minimum absolute atomic E-state index is 0.0471. The normalized spacial score (nSPS) is 15.6. The van der Waals surface area contributed by atoms with Gasteiger partial charge in [0.1, 0.15) is 0 Å². The fourth-order valence-corrected chi connectivity index (χ4v) is 3.35. The van der Waals surface area contributed by atoms with Crippen molar-refractivity contribution in [3.8, 4) is 0 Å². The highest BCUT2D eigenvalue weighted by Gasteiger charge is 2.18. The van der Waals surface area contributed by atoms with Gasteiger partial charge in [0, 0.05) is 36.0 Å². The minimum atomic E-state index is -0.205. The van der Waals surface area contributed by atoms with Gasteiger partial charge in [0.05, 0.1) is 5.25 Å². The van der Waals surface area contributed by atoms with E-state index in [4.69, 9.17) is 11.6 Å². The van der Waals surface area contributed by atoms with Crippen LogP contribution in [0.2, 0.25) is 5.02 Å². The average molecular weight is 341 g/mol. The Morgan fingerprint density at radius 3 is 2.55 bits per heavy atom. The van der Waals surface area contributed by atoms with E-state index in [0.717, 1.165) is 30.8 Å². The molecule has 1 N–H and O–H groups in total. The van der Waals surface area contributed by atoms with E-state index in [1.165, 1.54) is 11.8 Å². The van der Waals surface area contributed by atoms with Crippen molar-refractivity contribution in [3.63, 3.8) is 0 Å². The van der Waals surface area contributed by atoms with Crippen molar-refractivity contribution in [2.24, 2.45) is 0 Å². The first-order valence-corrected chi connectivity index (χ1v) is 8.80. The molecule has 0 aromatic heterocycles. The summed E-state index contributed by atoms with van der Waals surface area (Å²) in [6, 6.07) is 7.41. The Morgan fingerprint density at radius 2 is 1.91 bits per heavy atom. The van der Waals surface area contributed by atoms with E-state index in [1.807, 2.05) is 36.1 Å². The number of carbonyl (C=O) groups excluding carboxylic acids is 2. The van der Waals surface area contributed by atoms with Gasteiger partial charge in [-0.15, -0.1) is 11.8 Å². The minimum Gasteiger partial charge on any atom is -0.355 e. The van der Waals surface area contributed by atoms with E-state index in [2.05, 4.69) is 5.32 Å². The molecule has 0 aliphatic carbocycles. The number of halogens is 1. The molecule has 120 valence electrons. The van der Waals surface area contributed by atoms with Crippen molar-refractivity contribution in [2.45, 2.75) is 36.3 Å². The maximum absolute atomic E-state index is 12.0. The molecule has 1 aliphatic heterocycles. The number of amides is 2. The quantitative estimate of drug-likeness (QED) is 0.810. The maximum Gasteiger partial charge on any atom is 0.233 e. The van der Waals surface area contributed by atoms with Gasteiger partial charge in [-0.25, -0.2) is 0 Å². The van der Waals surface area contributed by atoms with Gasteiger partial charge in [0.25, 0.3) is 0 Å². The number of nitrogens with one attached hydrogen (secondary N) is 1. The molecule has 0 bridgehead atoms. The summed E-state index contributed by atoms with van der Waals surface area (Å²) in [6.45, 7) is 3.97. The van der Waals surface area contributed by atoms with E-state index in [9.17, 15) is 9.59 Å². The van der Waals surface area contributed by atoms with Gasteiger partial charge in [-0.1, -0.05) is 11.6 Å². The van der Waals surface area contributed by atoms with Gasteiger partial charge < -0.3 is 10.2 Å². The topological polar surface area (TPSA) is 49.4 Å². The third kappa shape index (κ3) is 5.21. The molecule has 1 atom stereocenters. The van der Waals surface area contributed by atoms with Gasteiger partial charge in [-0.2, -0.15) is 0 Å². The van der Waals surface area contributed by atoms with E-state index in [-0.39, 0.29) is 17.1 Å². The second kappa shape index (κ2) is 8.44. The summed E-state index contributed by atoms with van der Waals surface area (Å²) in [5.74, 6) is 0.0879. The maximum atomic E-state index is 12.0. The first-order chi connectivity index (χ1) is 10.6. The molecule has 6 heteroatoms. The average Bonchev–Trinajstić information content (AvgIpc) is 3.03. The van der Waals surface area contributed by atoms with Crippen LogP contribution in [-0.2, 0) is 9.59 Å².